The fraction of sp³-hybridized carbons (Fsp3) is 1.00. The van der Waals surface area contributed by atoms with Crippen LogP contribution in [-0.2, 0) is 0 Å². The van der Waals surface area contributed by atoms with Gasteiger partial charge in [0, 0.05) is 19.6 Å². The molecule has 0 bridgehead atoms. The van der Waals surface area contributed by atoms with Crippen LogP contribution in [0.3, 0.4) is 0 Å². The Bertz CT molecular complexity index is 262. The van der Waals surface area contributed by atoms with Crippen LogP contribution >= 0.6 is 0 Å². The Hall–Kier alpha value is -0.0800. The van der Waals surface area contributed by atoms with E-state index in [9.17, 15) is 0 Å². The smallest absolute Gasteiger partial charge is 0.00482 e. The van der Waals surface area contributed by atoms with Crippen LogP contribution in [0.2, 0.25) is 0 Å². The van der Waals surface area contributed by atoms with Crippen molar-refractivity contribution in [2.45, 2.75) is 51.9 Å². The minimum Gasteiger partial charge on any atom is -0.316 e. The van der Waals surface area contributed by atoms with E-state index in [1.807, 2.05) is 0 Å². The van der Waals surface area contributed by atoms with E-state index in [2.05, 4.69) is 17.1 Å². The summed E-state index contributed by atoms with van der Waals surface area (Å²) in [7, 11) is 0. The topological polar surface area (TPSA) is 15.3 Å². The van der Waals surface area contributed by atoms with Crippen LogP contribution in [0.5, 0.6) is 0 Å². The molecule has 1 spiro atoms. The standard InChI is InChI=1S/C15H28N2/c1-14(7-9-16-11-14)12-17-10-8-15(13-17)5-3-2-4-6-15/h16H,2-13H2,1H3. The maximum absolute atomic E-state index is 3.53. The van der Waals surface area contributed by atoms with Crippen LogP contribution in [0.1, 0.15) is 51.9 Å². The summed E-state index contributed by atoms with van der Waals surface area (Å²) in [5.74, 6) is 0. The second-order valence-corrected chi connectivity index (χ2v) is 7.26. The number of nitrogens with zero attached hydrogens (tertiary/aromatic N) is 1. The zero-order valence-electron chi connectivity index (χ0n) is 11.4. The van der Waals surface area contributed by atoms with E-state index in [-0.39, 0.29) is 0 Å². The number of hydrogen-bond acceptors (Lipinski definition) is 2. The van der Waals surface area contributed by atoms with Gasteiger partial charge in [0.05, 0.1) is 0 Å². The van der Waals surface area contributed by atoms with Crippen LogP contribution in [-0.4, -0.2) is 37.6 Å². The van der Waals surface area contributed by atoms with Crippen LogP contribution in [0, 0.1) is 10.8 Å². The van der Waals surface area contributed by atoms with Crippen LogP contribution in [0.25, 0.3) is 0 Å². The van der Waals surface area contributed by atoms with Crippen LogP contribution in [0.15, 0.2) is 0 Å². The molecule has 3 aliphatic rings. The summed E-state index contributed by atoms with van der Waals surface area (Å²) in [4.78, 5) is 2.78. The SMILES string of the molecule is CC1(CN2CCC3(CCCCC3)C2)CCNC1. The van der Waals surface area contributed by atoms with Gasteiger partial charge in [0.1, 0.15) is 0 Å². The lowest BCUT2D eigenvalue weighted by atomic mass is 9.73. The van der Waals surface area contributed by atoms with Gasteiger partial charge < -0.3 is 10.2 Å². The molecule has 0 aromatic rings. The molecule has 98 valence electrons. The molecule has 0 aromatic heterocycles. The molecule has 17 heavy (non-hydrogen) atoms. The summed E-state index contributed by atoms with van der Waals surface area (Å²) in [6, 6.07) is 0. The van der Waals surface area contributed by atoms with Gasteiger partial charge >= 0.3 is 0 Å². The summed E-state index contributed by atoms with van der Waals surface area (Å²) < 4.78 is 0. The summed E-state index contributed by atoms with van der Waals surface area (Å²) in [6.07, 6.45) is 10.4. The number of likely N-dealkylation sites (tertiary alicyclic amines) is 1. The number of rotatable bonds is 2. The molecular formula is C15H28N2. The predicted molar refractivity (Wildman–Crippen MR) is 72.2 cm³/mol. The lowest BCUT2D eigenvalue weighted by Crippen LogP contribution is -2.38. The first-order chi connectivity index (χ1) is 8.20. The molecule has 2 saturated heterocycles. The Morgan fingerprint density at radius 3 is 2.59 bits per heavy atom. The second-order valence-electron chi connectivity index (χ2n) is 7.26. The summed E-state index contributed by atoms with van der Waals surface area (Å²) in [5.41, 5.74) is 1.29. The fourth-order valence-electron chi connectivity index (χ4n) is 4.42. The van der Waals surface area contributed by atoms with Crippen LogP contribution in [0.4, 0.5) is 0 Å². The van der Waals surface area contributed by atoms with Crippen molar-refractivity contribution in [1.82, 2.24) is 10.2 Å². The molecular weight excluding hydrogens is 208 g/mol. The fourth-order valence-corrected chi connectivity index (χ4v) is 4.42. The zero-order valence-corrected chi connectivity index (χ0v) is 11.4. The van der Waals surface area contributed by atoms with Gasteiger partial charge in [0.2, 0.25) is 0 Å². The minimum atomic E-state index is 0.556. The van der Waals surface area contributed by atoms with Gasteiger partial charge in [0.15, 0.2) is 0 Å². The molecule has 2 heterocycles. The highest BCUT2D eigenvalue weighted by Crippen LogP contribution is 2.44. The maximum atomic E-state index is 3.53. The molecule has 1 unspecified atom stereocenters. The Balaban J connectivity index is 1.56. The lowest BCUT2D eigenvalue weighted by Gasteiger charge is -2.35. The third-order valence-corrected chi connectivity index (χ3v) is 5.49. The molecule has 2 aliphatic heterocycles. The first-order valence-electron chi connectivity index (χ1n) is 7.63. The van der Waals surface area contributed by atoms with Crippen molar-refractivity contribution in [1.29, 1.82) is 0 Å². The van der Waals surface area contributed by atoms with E-state index in [0.29, 0.717) is 5.41 Å². The third kappa shape index (κ3) is 2.53. The third-order valence-electron chi connectivity index (χ3n) is 5.49. The van der Waals surface area contributed by atoms with Gasteiger partial charge in [-0.15, -0.1) is 0 Å². The van der Waals surface area contributed by atoms with Gasteiger partial charge in [-0.3, -0.25) is 0 Å². The summed E-state index contributed by atoms with van der Waals surface area (Å²) >= 11 is 0. The number of hydrogen-bond donors (Lipinski definition) is 1. The first-order valence-corrected chi connectivity index (χ1v) is 7.63. The monoisotopic (exact) mass is 236 g/mol. The molecule has 0 aromatic carbocycles. The Kier molecular flexibility index (Phi) is 3.20. The molecule has 0 radical (unpaired) electrons. The quantitative estimate of drug-likeness (QED) is 0.793. The van der Waals surface area contributed by atoms with Crippen molar-refractivity contribution < 1.29 is 0 Å². The molecule has 0 amide bonds. The average molecular weight is 236 g/mol. The van der Waals surface area contributed by atoms with Crippen molar-refractivity contribution in [2.75, 3.05) is 32.7 Å². The van der Waals surface area contributed by atoms with E-state index >= 15 is 0 Å². The van der Waals surface area contributed by atoms with E-state index < -0.39 is 0 Å². The highest BCUT2D eigenvalue weighted by molar-refractivity contribution is 4.95. The van der Waals surface area contributed by atoms with Crippen molar-refractivity contribution in [3.8, 4) is 0 Å². The molecule has 1 saturated carbocycles. The van der Waals surface area contributed by atoms with Gasteiger partial charge in [-0.05, 0) is 49.6 Å². The van der Waals surface area contributed by atoms with Gasteiger partial charge in [-0.25, -0.2) is 0 Å². The Morgan fingerprint density at radius 1 is 1.06 bits per heavy atom. The van der Waals surface area contributed by atoms with E-state index in [1.165, 1.54) is 77.7 Å². The second kappa shape index (κ2) is 4.55. The summed E-state index contributed by atoms with van der Waals surface area (Å²) in [6.45, 7) is 9.05. The molecule has 1 atom stereocenters. The Morgan fingerprint density at radius 2 is 1.88 bits per heavy atom. The average Bonchev–Trinajstić information content (AvgIpc) is 2.89. The van der Waals surface area contributed by atoms with Crippen molar-refractivity contribution in [3.05, 3.63) is 0 Å². The molecule has 3 fully saturated rings. The molecule has 1 N–H and O–H groups in total. The Labute approximate surface area is 106 Å². The van der Waals surface area contributed by atoms with E-state index in [0.717, 1.165) is 5.41 Å². The van der Waals surface area contributed by atoms with Crippen LogP contribution < -0.4 is 5.32 Å². The van der Waals surface area contributed by atoms with Gasteiger partial charge in [-0.1, -0.05) is 26.2 Å². The van der Waals surface area contributed by atoms with Crippen molar-refractivity contribution >= 4 is 0 Å². The molecule has 2 nitrogen and oxygen atoms in total. The lowest BCUT2D eigenvalue weighted by molar-refractivity contribution is 0.156. The number of nitrogens with one attached hydrogen (secondary N) is 1. The highest BCUT2D eigenvalue weighted by Gasteiger charge is 2.41. The van der Waals surface area contributed by atoms with Crippen molar-refractivity contribution in [2.24, 2.45) is 10.8 Å². The largest absolute Gasteiger partial charge is 0.316 e. The molecule has 2 heteroatoms. The zero-order chi connectivity index (χ0) is 11.8. The maximum Gasteiger partial charge on any atom is 0.00482 e. The normalized spacial score (nSPS) is 37.9. The van der Waals surface area contributed by atoms with E-state index in [1.54, 1.807) is 0 Å². The van der Waals surface area contributed by atoms with E-state index in [4.69, 9.17) is 0 Å². The minimum absolute atomic E-state index is 0.556. The summed E-state index contributed by atoms with van der Waals surface area (Å²) in [5, 5.41) is 3.53. The van der Waals surface area contributed by atoms with Gasteiger partial charge in [-0.2, -0.15) is 0 Å². The highest BCUT2D eigenvalue weighted by atomic mass is 15.2. The first kappa shape index (κ1) is 12.0. The molecule has 3 rings (SSSR count). The van der Waals surface area contributed by atoms with Gasteiger partial charge in [0.25, 0.3) is 0 Å². The van der Waals surface area contributed by atoms with Crippen molar-refractivity contribution in [3.63, 3.8) is 0 Å². The predicted octanol–water partition coefficient (Wildman–Crippen LogP) is 2.64. The molecule has 1 aliphatic carbocycles.